The van der Waals surface area contributed by atoms with Crippen molar-refractivity contribution in [1.82, 2.24) is 0 Å². The average molecular weight is 181 g/mol. The summed E-state index contributed by atoms with van der Waals surface area (Å²) in [6.07, 6.45) is 0. The van der Waals surface area contributed by atoms with Gasteiger partial charge in [-0.15, -0.1) is 0 Å². The second-order valence-electron chi connectivity index (χ2n) is 2.48. The van der Waals surface area contributed by atoms with Crippen LogP contribution in [0.5, 0.6) is 5.75 Å². The lowest BCUT2D eigenvalue weighted by molar-refractivity contribution is 0.0985. The van der Waals surface area contributed by atoms with E-state index in [0.717, 1.165) is 5.56 Å². The fourth-order valence-corrected chi connectivity index (χ4v) is 0.925. The molecule has 4 heteroatoms. The maximum Gasteiger partial charge on any atom is 0.186 e. The molecule has 0 atom stereocenters. The van der Waals surface area contributed by atoms with Crippen LogP contribution in [0.4, 0.5) is 0 Å². The highest BCUT2D eigenvalue weighted by atomic mass is 16.6. The van der Waals surface area contributed by atoms with E-state index < -0.39 is 0 Å². The van der Waals surface area contributed by atoms with E-state index in [9.17, 15) is 0 Å². The van der Waals surface area contributed by atoms with Crippen LogP contribution >= 0.6 is 0 Å². The average Bonchev–Trinajstić information content (AvgIpc) is 2.18. The maximum absolute atomic E-state index is 8.48. The van der Waals surface area contributed by atoms with Crippen LogP contribution in [0.2, 0.25) is 0 Å². The predicted octanol–water partition coefficient (Wildman–Crippen LogP) is 1.21. The zero-order valence-electron chi connectivity index (χ0n) is 7.27. The van der Waals surface area contributed by atoms with Crippen LogP contribution in [0.15, 0.2) is 29.4 Å². The molecule has 0 fully saturated rings. The summed E-state index contributed by atoms with van der Waals surface area (Å²) in [5, 5.41) is 20.0. The first kappa shape index (κ1) is 9.54. The van der Waals surface area contributed by atoms with Crippen LogP contribution in [0, 0.1) is 0 Å². The quantitative estimate of drug-likeness (QED) is 0.319. The predicted molar refractivity (Wildman–Crippen MR) is 48.2 cm³/mol. The minimum Gasteiger partial charge on any atom is -0.468 e. The topological polar surface area (TPSA) is 62.1 Å². The summed E-state index contributed by atoms with van der Waals surface area (Å²) in [6.45, 7) is 1.36. The summed E-state index contributed by atoms with van der Waals surface area (Å²) in [5.74, 6) is 0.581. The molecule has 0 spiro atoms. The first-order valence-electron chi connectivity index (χ1n) is 3.80. The fraction of sp³-hybridized carbons (Fsp3) is 0.222. The van der Waals surface area contributed by atoms with Crippen LogP contribution < -0.4 is 4.74 Å². The first-order chi connectivity index (χ1) is 6.27. The van der Waals surface area contributed by atoms with Crippen LogP contribution in [0.25, 0.3) is 0 Å². The number of hydrogen-bond donors (Lipinski definition) is 2. The number of benzene rings is 1. The summed E-state index contributed by atoms with van der Waals surface area (Å²) < 4.78 is 4.83. The number of oxime groups is 1. The fourth-order valence-electron chi connectivity index (χ4n) is 0.925. The van der Waals surface area contributed by atoms with E-state index in [1.807, 2.05) is 0 Å². The molecule has 0 aliphatic heterocycles. The molecule has 0 saturated heterocycles. The molecule has 13 heavy (non-hydrogen) atoms. The van der Waals surface area contributed by atoms with Gasteiger partial charge in [-0.25, -0.2) is 0 Å². The molecule has 2 N–H and O–H groups in total. The van der Waals surface area contributed by atoms with E-state index in [0.29, 0.717) is 11.5 Å². The van der Waals surface area contributed by atoms with E-state index in [4.69, 9.17) is 15.1 Å². The largest absolute Gasteiger partial charge is 0.468 e. The van der Waals surface area contributed by atoms with Crippen molar-refractivity contribution in [2.24, 2.45) is 5.16 Å². The third-order valence-electron chi connectivity index (χ3n) is 1.65. The number of nitrogens with zero attached hydrogens (tertiary/aromatic N) is 1. The Labute approximate surface area is 76.1 Å². The SMILES string of the molecule is C/C(=N\O)c1ccc(OCO)cc1. The van der Waals surface area contributed by atoms with Gasteiger partial charge in [0, 0.05) is 0 Å². The molecule has 0 amide bonds. The van der Waals surface area contributed by atoms with Crippen LogP contribution in [-0.4, -0.2) is 22.8 Å². The molecule has 70 valence electrons. The van der Waals surface area contributed by atoms with Crippen molar-refractivity contribution in [1.29, 1.82) is 0 Å². The van der Waals surface area contributed by atoms with E-state index in [1.54, 1.807) is 31.2 Å². The molecule has 4 nitrogen and oxygen atoms in total. The van der Waals surface area contributed by atoms with Gasteiger partial charge in [0.05, 0.1) is 5.71 Å². The van der Waals surface area contributed by atoms with Gasteiger partial charge < -0.3 is 15.1 Å². The molecule has 0 unspecified atom stereocenters. The van der Waals surface area contributed by atoms with E-state index >= 15 is 0 Å². The van der Waals surface area contributed by atoms with Crippen molar-refractivity contribution in [3.8, 4) is 5.75 Å². The summed E-state index contributed by atoms with van der Waals surface area (Å²) in [4.78, 5) is 0. The Bertz CT molecular complexity index is 292. The Morgan fingerprint density at radius 1 is 1.38 bits per heavy atom. The first-order valence-corrected chi connectivity index (χ1v) is 3.80. The van der Waals surface area contributed by atoms with E-state index in [-0.39, 0.29) is 6.79 Å². The molecule has 1 aromatic carbocycles. The van der Waals surface area contributed by atoms with Crippen molar-refractivity contribution in [2.45, 2.75) is 6.92 Å². The van der Waals surface area contributed by atoms with Crippen molar-refractivity contribution >= 4 is 5.71 Å². The van der Waals surface area contributed by atoms with Gasteiger partial charge in [-0.05, 0) is 36.8 Å². The van der Waals surface area contributed by atoms with Gasteiger partial charge in [-0.2, -0.15) is 0 Å². The lowest BCUT2D eigenvalue weighted by atomic mass is 10.1. The van der Waals surface area contributed by atoms with Crippen molar-refractivity contribution in [2.75, 3.05) is 6.79 Å². The van der Waals surface area contributed by atoms with E-state index in [1.165, 1.54) is 0 Å². The standard InChI is InChI=1S/C9H11NO3/c1-7(10-12)8-2-4-9(5-3-8)13-6-11/h2-5,11-12H,6H2,1H3/b10-7+. The smallest absolute Gasteiger partial charge is 0.186 e. The van der Waals surface area contributed by atoms with Gasteiger partial charge in [-0.3, -0.25) is 0 Å². The van der Waals surface area contributed by atoms with Crippen LogP contribution in [-0.2, 0) is 0 Å². The highest BCUT2D eigenvalue weighted by Gasteiger charge is 1.97. The zero-order valence-corrected chi connectivity index (χ0v) is 7.27. The molecule has 0 heterocycles. The molecule has 0 aliphatic rings. The molecule has 0 aromatic heterocycles. The highest BCUT2D eigenvalue weighted by molar-refractivity contribution is 5.98. The van der Waals surface area contributed by atoms with Crippen LogP contribution in [0.3, 0.4) is 0 Å². The second kappa shape index (κ2) is 4.47. The zero-order chi connectivity index (χ0) is 9.68. The summed E-state index contributed by atoms with van der Waals surface area (Å²) in [5.41, 5.74) is 1.35. The van der Waals surface area contributed by atoms with Gasteiger partial charge in [-0.1, -0.05) is 5.16 Å². The third-order valence-corrected chi connectivity index (χ3v) is 1.65. The molecule has 1 aromatic rings. The van der Waals surface area contributed by atoms with Gasteiger partial charge in [0.25, 0.3) is 0 Å². The lowest BCUT2D eigenvalue weighted by Crippen LogP contribution is -1.97. The number of hydrogen-bond acceptors (Lipinski definition) is 4. The van der Waals surface area contributed by atoms with Crippen molar-refractivity contribution < 1.29 is 15.1 Å². The minimum absolute atomic E-state index is 0.341. The van der Waals surface area contributed by atoms with Gasteiger partial charge in [0.1, 0.15) is 5.75 Å². The number of aliphatic hydroxyl groups excluding tert-OH is 1. The number of aliphatic hydroxyl groups is 1. The minimum atomic E-state index is -0.341. The van der Waals surface area contributed by atoms with Crippen molar-refractivity contribution in [3.05, 3.63) is 29.8 Å². The van der Waals surface area contributed by atoms with Gasteiger partial charge >= 0.3 is 0 Å². The Morgan fingerprint density at radius 2 is 2.00 bits per heavy atom. The Hall–Kier alpha value is -1.55. The molecule has 0 saturated carbocycles. The normalized spacial score (nSPS) is 11.4. The Morgan fingerprint density at radius 3 is 2.46 bits per heavy atom. The molecule has 0 aliphatic carbocycles. The molecular weight excluding hydrogens is 170 g/mol. The van der Waals surface area contributed by atoms with Crippen molar-refractivity contribution in [3.63, 3.8) is 0 Å². The summed E-state index contributed by atoms with van der Waals surface area (Å²) in [6, 6.07) is 6.89. The molecular formula is C9H11NO3. The Kier molecular flexibility index (Phi) is 3.28. The maximum atomic E-state index is 8.48. The highest BCUT2D eigenvalue weighted by Crippen LogP contribution is 2.12. The number of ether oxygens (including phenoxy) is 1. The van der Waals surface area contributed by atoms with Crippen LogP contribution in [0.1, 0.15) is 12.5 Å². The molecule has 0 bridgehead atoms. The number of rotatable bonds is 3. The third kappa shape index (κ3) is 2.45. The Balaban J connectivity index is 2.81. The summed E-state index contributed by atoms with van der Waals surface area (Å²) in [7, 11) is 0. The van der Waals surface area contributed by atoms with Gasteiger partial charge in [0.15, 0.2) is 6.79 Å². The lowest BCUT2D eigenvalue weighted by Gasteiger charge is -2.02. The molecule has 0 radical (unpaired) electrons. The van der Waals surface area contributed by atoms with Gasteiger partial charge in [0.2, 0.25) is 0 Å². The molecule has 1 rings (SSSR count). The van der Waals surface area contributed by atoms with E-state index in [2.05, 4.69) is 5.16 Å². The monoisotopic (exact) mass is 181 g/mol. The summed E-state index contributed by atoms with van der Waals surface area (Å²) >= 11 is 0. The second-order valence-corrected chi connectivity index (χ2v) is 2.48.